The molecule has 0 unspecified atom stereocenters. The molecule has 1 N–H and O–H groups in total. The van der Waals surface area contributed by atoms with Gasteiger partial charge in [0.25, 0.3) is 0 Å². The lowest BCUT2D eigenvalue weighted by atomic mass is 9.98. The number of alkyl halides is 2. The van der Waals surface area contributed by atoms with Gasteiger partial charge < -0.3 is 10.1 Å². The quantitative estimate of drug-likeness (QED) is 0.776. The maximum Gasteiger partial charge on any atom is 0.319 e. The van der Waals surface area contributed by atoms with Gasteiger partial charge in [-0.1, -0.05) is 19.3 Å². The van der Waals surface area contributed by atoms with Gasteiger partial charge >= 0.3 is 6.55 Å². The zero-order valence-electron chi connectivity index (χ0n) is 11.0. The van der Waals surface area contributed by atoms with Gasteiger partial charge in [-0.25, -0.2) is 4.98 Å². The summed E-state index contributed by atoms with van der Waals surface area (Å²) < 4.78 is 31.7. The van der Waals surface area contributed by atoms with Crippen LogP contribution in [0, 0.1) is 0 Å². The van der Waals surface area contributed by atoms with E-state index in [0.717, 1.165) is 17.4 Å². The van der Waals surface area contributed by atoms with Crippen LogP contribution in [0.3, 0.4) is 0 Å². The Labute approximate surface area is 112 Å². The number of aromatic nitrogens is 2. The van der Waals surface area contributed by atoms with E-state index >= 15 is 0 Å². The molecule has 4 nitrogen and oxygen atoms in total. The molecule has 0 spiro atoms. The minimum Gasteiger partial charge on any atom is -0.377 e. The van der Waals surface area contributed by atoms with Crippen LogP contribution in [0.15, 0.2) is 12.4 Å². The van der Waals surface area contributed by atoms with Crippen molar-refractivity contribution in [3.05, 3.63) is 18.2 Å². The number of hydrogen-bond acceptors (Lipinski definition) is 3. The van der Waals surface area contributed by atoms with Gasteiger partial charge in [0.15, 0.2) is 0 Å². The number of halogens is 2. The summed E-state index contributed by atoms with van der Waals surface area (Å²) in [6.07, 6.45) is 9.19. The second-order valence-corrected chi connectivity index (χ2v) is 4.84. The molecule has 1 aromatic rings. The van der Waals surface area contributed by atoms with E-state index in [1.54, 1.807) is 0 Å². The average molecular weight is 273 g/mol. The lowest BCUT2D eigenvalue weighted by molar-refractivity contribution is 0.0299. The summed E-state index contributed by atoms with van der Waals surface area (Å²) in [6, 6.07) is 0. The highest BCUT2D eigenvalue weighted by molar-refractivity contribution is 4.92. The third-order valence-corrected chi connectivity index (χ3v) is 3.43. The topological polar surface area (TPSA) is 39.1 Å². The fourth-order valence-electron chi connectivity index (χ4n) is 2.39. The van der Waals surface area contributed by atoms with Gasteiger partial charge in [-0.3, -0.25) is 4.57 Å². The molecule has 0 atom stereocenters. The van der Waals surface area contributed by atoms with Crippen LogP contribution in [0.4, 0.5) is 8.78 Å². The molecular formula is C13H21F2N3O. The number of hydrogen-bond donors (Lipinski definition) is 1. The maximum absolute atomic E-state index is 12.5. The van der Waals surface area contributed by atoms with Crippen molar-refractivity contribution >= 4 is 0 Å². The standard InChI is InChI=1S/C13H21F2N3O/c14-13(15)18-8-6-17-12(18)10-16-7-9-19-11-4-2-1-3-5-11/h6,8,11,13,16H,1-5,7,9-10H2. The smallest absolute Gasteiger partial charge is 0.319 e. The number of ether oxygens (including phenoxy) is 1. The van der Waals surface area contributed by atoms with Crippen LogP contribution in [0.25, 0.3) is 0 Å². The van der Waals surface area contributed by atoms with Gasteiger partial charge in [0.05, 0.1) is 19.3 Å². The molecule has 2 rings (SSSR count). The molecule has 19 heavy (non-hydrogen) atoms. The fraction of sp³-hybridized carbons (Fsp3) is 0.769. The highest BCUT2D eigenvalue weighted by Gasteiger charge is 2.13. The normalized spacial score (nSPS) is 17.2. The Morgan fingerprint density at radius 3 is 2.89 bits per heavy atom. The van der Waals surface area contributed by atoms with Crippen molar-refractivity contribution in [1.82, 2.24) is 14.9 Å². The molecule has 0 radical (unpaired) electrons. The molecule has 0 saturated heterocycles. The third kappa shape index (κ3) is 4.54. The molecule has 6 heteroatoms. The number of nitrogens with one attached hydrogen (secondary N) is 1. The minimum absolute atomic E-state index is 0.339. The summed E-state index contributed by atoms with van der Waals surface area (Å²) in [7, 11) is 0. The molecule has 1 aromatic heterocycles. The number of imidazole rings is 1. The Morgan fingerprint density at radius 1 is 1.37 bits per heavy atom. The Balaban J connectivity index is 1.59. The summed E-state index contributed by atoms with van der Waals surface area (Å²) in [5.41, 5.74) is 0. The summed E-state index contributed by atoms with van der Waals surface area (Å²) >= 11 is 0. The highest BCUT2D eigenvalue weighted by atomic mass is 19.3. The number of nitrogens with zero attached hydrogens (tertiary/aromatic N) is 2. The van der Waals surface area contributed by atoms with Crippen LogP contribution in [-0.4, -0.2) is 28.8 Å². The highest BCUT2D eigenvalue weighted by Crippen LogP contribution is 2.19. The van der Waals surface area contributed by atoms with Crippen molar-refractivity contribution in [2.24, 2.45) is 0 Å². The van der Waals surface area contributed by atoms with Crippen LogP contribution in [0.1, 0.15) is 44.5 Å². The van der Waals surface area contributed by atoms with Crippen molar-refractivity contribution in [1.29, 1.82) is 0 Å². The molecule has 0 bridgehead atoms. The Hall–Kier alpha value is -1.01. The van der Waals surface area contributed by atoms with Crippen molar-refractivity contribution in [3.63, 3.8) is 0 Å². The Morgan fingerprint density at radius 2 is 2.16 bits per heavy atom. The van der Waals surface area contributed by atoms with E-state index in [1.807, 2.05) is 0 Å². The molecule has 1 fully saturated rings. The predicted octanol–water partition coefficient (Wildman–Crippen LogP) is 2.72. The van der Waals surface area contributed by atoms with Crippen LogP contribution in [0.5, 0.6) is 0 Å². The summed E-state index contributed by atoms with van der Waals surface area (Å²) in [5.74, 6) is 0.354. The van der Waals surface area contributed by atoms with E-state index in [0.29, 0.717) is 31.6 Å². The lowest BCUT2D eigenvalue weighted by Crippen LogP contribution is -2.25. The van der Waals surface area contributed by atoms with Crippen LogP contribution < -0.4 is 5.32 Å². The van der Waals surface area contributed by atoms with E-state index in [-0.39, 0.29) is 0 Å². The predicted molar refractivity (Wildman–Crippen MR) is 68.0 cm³/mol. The van der Waals surface area contributed by atoms with E-state index in [1.165, 1.54) is 31.7 Å². The van der Waals surface area contributed by atoms with Gasteiger partial charge in [-0.15, -0.1) is 0 Å². The van der Waals surface area contributed by atoms with Crippen LogP contribution in [0.2, 0.25) is 0 Å². The summed E-state index contributed by atoms with van der Waals surface area (Å²) in [5, 5.41) is 3.08. The Bertz CT molecular complexity index is 365. The average Bonchev–Trinajstić information content (AvgIpc) is 2.88. The Kier molecular flexibility index (Phi) is 5.72. The second-order valence-electron chi connectivity index (χ2n) is 4.84. The van der Waals surface area contributed by atoms with E-state index in [4.69, 9.17) is 4.74 Å². The lowest BCUT2D eigenvalue weighted by Gasteiger charge is -2.22. The largest absolute Gasteiger partial charge is 0.377 e. The zero-order chi connectivity index (χ0) is 13.5. The van der Waals surface area contributed by atoms with Crippen molar-refractivity contribution in [3.8, 4) is 0 Å². The van der Waals surface area contributed by atoms with Crippen molar-refractivity contribution in [2.45, 2.75) is 51.3 Å². The van der Waals surface area contributed by atoms with Gasteiger partial charge in [0.1, 0.15) is 5.82 Å². The monoisotopic (exact) mass is 273 g/mol. The molecular weight excluding hydrogens is 252 g/mol. The minimum atomic E-state index is -2.53. The van der Waals surface area contributed by atoms with E-state index in [9.17, 15) is 8.78 Å². The molecule has 0 aromatic carbocycles. The molecule has 108 valence electrons. The van der Waals surface area contributed by atoms with Crippen LogP contribution in [-0.2, 0) is 11.3 Å². The van der Waals surface area contributed by atoms with Gasteiger partial charge in [0, 0.05) is 18.9 Å². The van der Waals surface area contributed by atoms with Gasteiger partial charge in [-0.05, 0) is 12.8 Å². The van der Waals surface area contributed by atoms with Crippen LogP contribution >= 0.6 is 0 Å². The second kappa shape index (κ2) is 7.55. The SMILES string of the molecule is FC(F)n1ccnc1CNCCOC1CCCCC1. The molecule has 0 aliphatic heterocycles. The summed E-state index contributed by atoms with van der Waals surface area (Å²) in [6.45, 7) is -0.907. The molecule has 1 heterocycles. The van der Waals surface area contributed by atoms with Crippen molar-refractivity contribution in [2.75, 3.05) is 13.2 Å². The van der Waals surface area contributed by atoms with E-state index < -0.39 is 6.55 Å². The van der Waals surface area contributed by atoms with Gasteiger partial charge in [-0.2, -0.15) is 8.78 Å². The fourth-order valence-corrected chi connectivity index (χ4v) is 2.39. The first-order chi connectivity index (χ1) is 9.27. The van der Waals surface area contributed by atoms with Crippen molar-refractivity contribution < 1.29 is 13.5 Å². The molecule has 1 aliphatic carbocycles. The third-order valence-electron chi connectivity index (χ3n) is 3.43. The first kappa shape index (κ1) is 14.4. The summed E-state index contributed by atoms with van der Waals surface area (Å²) in [4.78, 5) is 3.90. The first-order valence-electron chi connectivity index (χ1n) is 6.89. The van der Waals surface area contributed by atoms with E-state index in [2.05, 4.69) is 10.3 Å². The molecule has 0 amide bonds. The molecule has 1 saturated carbocycles. The van der Waals surface area contributed by atoms with Gasteiger partial charge in [0.2, 0.25) is 0 Å². The molecule has 1 aliphatic rings. The first-order valence-corrected chi connectivity index (χ1v) is 6.89. The zero-order valence-corrected chi connectivity index (χ0v) is 11.0. The number of rotatable bonds is 7. The maximum atomic E-state index is 12.5.